The molecule has 0 aromatic heterocycles. The number of methoxy groups -OCH3 is 1. The Morgan fingerprint density at radius 2 is 1.64 bits per heavy atom. The van der Waals surface area contributed by atoms with Crippen LogP contribution in [-0.4, -0.2) is 37.2 Å². The highest BCUT2D eigenvalue weighted by Gasteiger charge is 2.38. The minimum Gasteiger partial charge on any atom is -0.460 e. The lowest BCUT2D eigenvalue weighted by molar-refractivity contribution is -0.384. The number of rotatable bonds is 8. The van der Waals surface area contributed by atoms with Crippen LogP contribution in [0.15, 0.2) is 77.1 Å². The SMILES string of the molecule is COCCOC(=O)C1=C(C)NC(C)=C(C(=O)Oc2ccccc2)C1c1cccc([N+](=O)[O-])c1. The van der Waals surface area contributed by atoms with Crippen LogP contribution in [0.2, 0.25) is 0 Å². The molecule has 0 spiro atoms. The van der Waals surface area contributed by atoms with E-state index < -0.39 is 22.8 Å². The number of nitro benzene ring substituents is 1. The highest BCUT2D eigenvalue weighted by molar-refractivity contribution is 6.00. The predicted molar refractivity (Wildman–Crippen MR) is 119 cm³/mol. The Bertz CT molecular complexity index is 1120. The monoisotopic (exact) mass is 452 g/mol. The van der Waals surface area contributed by atoms with Gasteiger partial charge in [0, 0.05) is 30.6 Å². The molecule has 172 valence electrons. The first-order valence-corrected chi connectivity index (χ1v) is 10.2. The summed E-state index contributed by atoms with van der Waals surface area (Å²) in [4.78, 5) is 37.2. The smallest absolute Gasteiger partial charge is 0.342 e. The molecule has 0 amide bonds. The van der Waals surface area contributed by atoms with E-state index in [0.717, 1.165) is 0 Å². The average Bonchev–Trinajstić information content (AvgIpc) is 2.79. The number of carbonyl (C=O) groups excluding carboxylic acids is 2. The third kappa shape index (κ3) is 5.45. The molecule has 1 aliphatic heterocycles. The lowest BCUT2D eigenvalue weighted by atomic mass is 9.80. The van der Waals surface area contributed by atoms with Gasteiger partial charge in [0.2, 0.25) is 0 Å². The molecule has 3 rings (SSSR count). The number of nitrogens with one attached hydrogen (secondary N) is 1. The molecule has 1 aliphatic rings. The van der Waals surface area contributed by atoms with Crippen molar-refractivity contribution >= 4 is 17.6 Å². The summed E-state index contributed by atoms with van der Waals surface area (Å²) in [5.74, 6) is -1.95. The van der Waals surface area contributed by atoms with Crippen molar-refractivity contribution < 1.29 is 28.7 Å². The zero-order valence-electron chi connectivity index (χ0n) is 18.5. The van der Waals surface area contributed by atoms with E-state index in [1.807, 2.05) is 0 Å². The second kappa shape index (κ2) is 10.6. The van der Waals surface area contributed by atoms with Gasteiger partial charge in [-0.3, -0.25) is 10.1 Å². The van der Waals surface area contributed by atoms with Crippen LogP contribution in [0, 0.1) is 10.1 Å². The molecule has 33 heavy (non-hydrogen) atoms. The Kier molecular flexibility index (Phi) is 7.57. The number of hydrogen-bond donors (Lipinski definition) is 1. The molecule has 2 aromatic rings. The van der Waals surface area contributed by atoms with E-state index in [4.69, 9.17) is 14.2 Å². The Balaban J connectivity index is 2.08. The fourth-order valence-corrected chi connectivity index (χ4v) is 3.63. The van der Waals surface area contributed by atoms with Gasteiger partial charge in [0.05, 0.1) is 28.6 Å². The van der Waals surface area contributed by atoms with Crippen LogP contribution in [0.1, 0.15) is 25.3 Å². The first kappa shape index (κ1) is 23.7. The molecular weight excluding hydrogens is 428 g/mol. The molecule has 9 nitrogen and oxygen atoms in total. The molecule has 0 bridgehead atoms. The van der Waals surface area contributed by atoms with Crippen molar-refractivity contribution in [1.82, 2.24) is 5.32 Å². The summed E-state index contributed by atoms with van der Waals surface area (Å²) in [6.07, 6.45) is 0. The van der Waals surface area contributed by atoms with Gasteiger partial charge in [-0.15, -0.1) is 0 Å². The van der Waals surface area contributed by atoms with E-state index in [-0.39, 0.29) is 30.0 Å². The maximum Gasteiger partial charge on any atom is 0.342 e. The number of carbonyl (C=O) groups is 2. The maximum atomic E-state index is 13.3. The largest absolute Gasteiger partial charge is 0.460 e. The standard InChI is InChI=1S/C24H24N2O7/c1-15-20(23(27)32-13-12-31-3)22(17-8-7-9-18(14-17)26(29)30)21(16(2)25-15)24(28)33-19-10-5-4-6-11-19/h4-11,14,22,25H,12-13H2,1-3H3. The predicted octanol–water partition coefficient (Wildman–Crippen LogP) is 3.62. The van der Waals surface area contributed by atoms with Crippen LogP contribution < -0.4 is 10.1 Å². The Morgan fingerprint density at radius 3 is 2.27 bits per heavy atom. The first-order valence-electron chi connectivity index (χ1n) is 10.2. The number of esters is 2. The highest BCUT2D eigenvalue weighted by Crippen LogP contribution is 2.40. The van der Waals surface area contributed by atoms with Gasteiger partial charge in [-0.2, -0.15) is 0 Å². The number of hydrogen-bond acceptors (Lipinski definition) is 8. The summed E-state index contributed by atoms with van der Waals surface area (Å²) in [5.41, 5.74) is 1.49. The van der Waals surface area contributed by atoms with Crippen molar-refractivity contribution in [2.45, 2.75) is 19.8 Å². The van der Waals surface area contributed by atoms with Gasteiger partial charge in [0.15, 0.2) is 0 Å². The van der Waals surface area contributed by atoms with Crippen molar-refractivity contribution in [2.75, 3.05) is 20.3 Å². The van der Waals surface area contributed by atoms with Crippen molar-refractivity contribution in [2.24, 2.45) is 0 Å². The first-order chi connectivity index (χ1) is 15.8. The lowest BCUT2D eigenvalue weighted by Crippen LogP contribution is -2.33. The molecule has 1 N–H and O–H groups in total. The molecule has 1 atom stereocenters. The number of benzene rings is 2. The van der Waals surface area contributed by atoms with Gasteiger partial charge in [-0.05, 0) is 31.5 Å². The number of ether oxygens (including phenoxy) is 3. The number of allylic oxidation sites excluding steroid dienone is 2. The molecule has 0 saturated carbocycles. The lowest BCUT2D eigenvalue weighted by Gasteiger charge is -2.30. The fraction of sp³-hybridized carbons (Fsp3) is 0.250. The number of nitrogens with zero attached hydrogens (tertiary/aromatic N) is 1. The van der Waals surface area contributed by atoms with E-state index >= 15 is 0 Å². The fourth-order valence-electron chi connectivity index (χ4n) is 3.63. The number of dihydropyridines is 1. The summed E-state index contributed by atoms with van der Waals surface area (Å²) < 4.78 is 15.8. The third-order valence-corrected chi connectivity index (χ3v) is 5.09. The summed E-state index contributed by atoms with van der Waals surface area (Å²) >= 11 is 0. The van der Waals surface area contributed by atoms with Gasteiger partial charge in [0.1, 0.15) is 12.4 Å². The zero-order valence-corrected chi connectivity index (χ0v) is 18.5. The minimum atomic E-state index is -0.933. The van der Waals surface area contributed by atoms with Crippen molar-refractivity contribution in [3.63, 3.8) is 0 Å². The van der Waals surface area contributed by atoms with E-state index in [0.29, 0.717) is 22.7 Å². The van der Waals surface area contributed by atoms with E-state index in [1.54, 1.807) is 50.2 Å². The second-order valence-electron chi connectivity index (χ2n) is 7.32. The van der Waals surface area contributed by atoms with Gasteiger partial charge < -0.3 is 19.5 Å². The zero-order chi connectivity index (χ0) is 24.0. The average molecular weight is 452 g/mol. The molecule has 9 heteroatoms. The van der Waals surface area contributed by atoms with Crippen molar-refractivity contribution in [3.05, 3.63) is 92.8 Å². The molecule has 1 heterocycles. The molecule has 0 saturated heterocycles. The summed E-state index contributed by atoms with van der Waals surface area (Å²) in [7, 11) is 1.48. The number of nitro groups is 1. The van der Waals surface area contributed by atoms with Crippen LogP contribution in [0.25, 0.3) is 0 Å². The molecular formula is C24H24N2O7. The molecule has 0 radical (unpaired) electrons. The molecule has 0 fully saturated rings. The molecule has 2 aromatic carbocycles. The maximum absolute atomic E-state index is 13.3. The summed E-state index contributed by atoms with van der Waals surface area (Å²) in [5, 5.41) is 14.4. The van der Waals surface area contributed by atoms with Crippen LogP contribution in [-0.2, 0) is 19.1 Å². The van der Waals surface area contributed by atoms with Crippen molar-refractivity contribution in [1.29, 1.82) is 0 Å². The molecule has 0 aliphatic carbocycles. The Morgan fingerprint density at radius 1 is 0.970 bits per heavy atom. The minimum absolute atomic E-state index is 0.0141. The van der Waals surface area contributed by atoms with Crippen LogP contribution in [0.5, 0.6) is 5.75 Å². The number of para-hydroxylation sites is 1. The third-order valence-electron chi connectivity index (χ3n) is 5.09. The molecule has 1 unspecified atom stereocenters. The normalized spacial score (nSPS) is 15.7. The van der Waals surface area contributed by atoms with Crippen LogP contribution >= 0.6 is 0 Å². The van der Waals surface area contributed by atoms with Gasteiger partial charge in [0.25, 0.3) is 5.69 Å². The van der Waals surface area contributed by atoms with Crippen LogP contribution in [0.3, 0.4) is 0 Å². The van der Waals surface area contributed by atoms with E-state index in [1.165, 1.54) is 25.3 Å². The quantitative estimate of drug-likeness (QED) is 0.212. The van der Waals surface area contributed by atoms with Crippen molar-refractivity contribution in [3.8, 4) is 5.75 Å². The Labute approximate surface area is 190 Å². The number of non-ortho nitro benzene ring substituents is 1. The highest BCUT2D eigenvalue weighted by atomic mass is 16.6. The van der Waals surface area contributed by atoms with Gasteiger partial charge >= 0.3 is 11.9 Å². The topological polar surface area (TPSA) is 117 Å². The summed E-state index contributed by atoms with van der Waals surface area (Å²) in [6.45, 7) is 3.58. The second-order valence-corrected chi connectivity index (χ2v) is 7.32. The van der Waals surface area contributed by atoms with Gasteiger partial charge in [-0.1, -0.05) is 30.3 Å². The van der Waals surface area contributed by atoms with E-state index in [9.17, 15) is 19.7 Å². The van der Waals surface area contributed by atoms with Gasteiger partial charge in [-0.25, -0.2) is 9.59 Å². The Hall–Kier alpha value is -3.98. The van der Waals surface area contributed by atoms with Crippen LogP contribution in [0.4, 0.5) is 5.69 Å². The summed E-state index contributed by atoms with van der Waals surface area (Å²) in [6, 6.07) is 14.3. The van der Waals surface area contributed by atoms with E-state index in [2.05, 4.69) is 5.32 Å².